The Bertz CT molecular complexity index is 533. The largest absolute Gasteiger partial charge is 0.507 e. The van der Waals surface area contributed by atoms with E-state index < -0.39 is 0 Å². The Balaban J connectivity index is 2.20. The number of aromatic hydroxyl groups is 1. The number of phenols is 1. The number of thiocarbonyl (C=S) groups is 1. The van der Waals surface area contributed by atoms with Gasteiger partial charge in [-0.3, -0.25) is 4.79 Å². The van der Waals surface area contributed by atoms with Gasteiger partial charge in [0.05, 0.1) is 17.7 Å². The predicted octanol–water partition coefficient (Wildman–Crippen LogP) is 1.54. The molecule has 6 heteroatoms. The molecule has 2 rings (SSSR count). The van der Waals surface area contributed by atoms with Crippen molar-refractivity contribution in [2.45, 2.75) is 12.8 Å². The van der Waals surface area contributed by atoms with Crippen LogP contribution in [0.25, 0.3) is 0 Å². The fourth-order valence-corrected chi connectivity index (χ4v) is 2.57. The van der Waals surface area contributed by atoms with E-state index in [0.29, 0.717) is 23.8 Å². The van der Waals surface area contributed by atoms with Crippen LogP contribution in [0.1, 0.15) is 23.2 Å². The summed E-state index contributed by atoms with van der Waals surface area (Å²) in [6, 6.07) is 4.61. The van der Waals surface area contributed by atoms with Crippen molar-refractivity contribution in [2.24, 2.45) is 11.7 Å². The summed E-state index contributed by atoms with van der Waals surface area (Å²) in [6.45, 7) is 1.15. The summed E-state index contributed by atoms with van der Waals surface area (Å²) in [5.41, 5.74) is 5.91. The van der Waals surface area contributed by atoms with Gasteiger partial charge in [0.25, 0.3) is 5.91 Å². The van der Waals surface area contributed by atoms with Crippen LogP contribution in [0, 0.1) is 5.92 Å². The van der Waals surface area contributed by atoms with Crippen LogP contribution in [0.3, 0.4) is 0 Å². The Morgan fingerprint density at radius 3 is 2.95 bits per heavy atom. The lowest BCUT2D eigenvalue weighted by molar-refractivity contribution is 0.0700. The van der Waals surface area contributed by atoms with Crippen LogP contribution < -0.4 is 10.5 Å². The fourth-order valence-electron chi connectivity index (χ4n) is 2.38. The molecular formula is C14H18N2O3S. The van der Waals surface area contributed by atoms with E-state index in [1.54, 1.807) is 17.0 Å². The first kappa shape index (κ1) is 14.6. The zero-order chi connectivity index (χ0) is 14.7. The van der Waals surface area contributed by atoms with Gasteiger partial charge in [-0.1, -0.05) is 12.2 Å². The van der Waals surface area contributed by atoms with E-state index in [1.165, 1.54) is 13.2 Å². The average molecular weight is 294 g/mol. The van der Waals surface area contributed by atoms with Gasteiger partial charge in [0.2, 0.25) is 0 Å². The maximum absolute atomic E-state index is 12.5. The summed E-state index contributed by atoms with van der Waals surface area (Å²) in [5.74, 6) is 0.320. The molecule has 0 bridgehead atoms. The summed E-state index contributed by atoms with van der Waals surface area (Å²) < 4.78 is 5.08. The fraction of sp³-hybridized carbons (Fsp3) is 0.429. The van der Waals surface area contributed by atoms with Crippen LogP contribution in [-0.2, 0) is 0 Å². The molecule has 1 saturated heterocycles. The zero-order valence-electron chi connectivity index (χ0n) is 11.3. The summed E-state index contributed by atoms with van der Waals surface area (Å²) in [7, 11) is 1.52. The quantitative estimate of drug-likeness (QED) is 0.827. The molecule has 0 aromatic heterocycles. The topological polar surface area (TPSA) is 75.8 Å². The second-order valence-corrected chi connectivity index (χ2v) is 5.35. The number of rotatable bonds is 3. The molecule has 0 spiro atoms. The number of benzene rings is 1. The van der Waals surface area contributed by atoms with Crippen molar-refractivity contribution in [2.75, 3.05) is 20.2 Å². The molecule has 1 fully saturated rings. The van der Waals surface area contributed by atoms with Crippen LogP contribution in [0.4, 0.5) is 0 Å². The minimum absolute atomic E-state index is 0.0479. The summed E-state index contributed by atoms with van der Waals surface area (Å²) in [5, 5.41) is 9.85. The standard InChI is InChI=1S/C14H18N2O3S/c1-19-10-4-5-12(17)11(7-10)14(18)16-6-2-3-9(8-16)13(15)20/h4-5,7,9,17H,2-3,6,8H2,1H3,(H2,15,20). The number of amides is 1. The summed E-state index contributed by atoms with van der Waals surface area (Å²) in [4.78, 5) is 14.6. The van der Waals surface area contributed by atoms with Gasteiger partial charge in [-0.2, -0.15) is 0 Å². The van der Waals surface area contributed by atoms with Crippen LogP contribution in [-0.4, -0.2) is 41.1 Å². The lowest BCUT2D eigenvalue weighted by atomic mass is 9.97. The Hall–Kier alpha value is -1.82. The molecule has 0 saturated carbocycles. The number of phenolic OH excluding ortho intramolecular Hbond substituents is 1. The van der Waals surface area contributed by atoms with E-state index in [1.807, 2.05) is 0 Å². The number of nitrogens with zero attached hydrogens (tertiary/aromatic N) is 1. The molecule has 3 N–H and O–H groups in total. The van der Waals surface area contributed by atoms with Crippen molar-refractivity contribution < 1.29 is 14.6 Å². The predicted molar refractivity (Wildman–Crippen MR) is 80.1 cm³/mol. The van der Waals surface area contributed by atoms with E-state index in [0.717, 1.165) is 12.8 Å². The number of hydrogen-bond donors (Lipinski definition) is 2. The third-order valence-corrected chi connectivity index (χ3v) is 3.88. The normalized spacial score (nSPS) is 18.6. The molecule has 1 amide bonds. The minimum Gasteiger partial charge on any atom is -0.507 e. The van der Waals surface area contributed by atoms with Crippen molar-refractivity contribution in [1.29, 1.82) is 0 Å². The highest BCUT2D eigenvalue weighted by Gasteiger charge is 2.27. The van der Waals surface area contributed by atoms with Crippen LogP contribution in [0.5, 0.6) is 11.5 Å². The van der Waals surface area contributed by atoms with E-state index in [4.69, 9.17) is 22.7 Å². The molecule has 1 unspecified atom stereocenters. The second kappa shape index (κ2) is 6.09. The molecule has 20 heavy (non-hydrogen) atoms. The van der Waals surface area contributed by atoms with Crippen molar-refractivity contribution in [3.63, 3.8) is 0 Å². The molecule has 1 aromatic rings. The number of likely N-dealkylation sites (tertiary alicyclic amines) is 1. The van der Waals surface area contributed by atoms with E-state index >= 15 is 0 Å². The Labute approximate surface area is 123 Å². The van der Waals surface area contributed by atoms with Crippen molar-refractivity contribution >= 4 is 23.1 Å². The highest BCUT2D eigenvalue weighted by molar-refractivity contribution is 7.80. The first-order chi connectivity index (χ1) is 9.52. The van der Waals surface area contributed by atoms with E-state index in [2.05, 4.69) is 0 Å². The zero-order valence-corrected chi connectivity index (χ0v) is 12.2. The second-order valence-electron chi connectivity index (χ2n) is 4.88. The number of ether oxygens (including phenoxy) is 1. The smallest absolute Gasteiger partial charge is 0.257 e. The van der Waals surface area contributed by atoms with Crippen LogP contribution in [0.2, 0.25) is 0 Å². The van der Waals surface area contributed by atoms with Crippen molar-refractivity contribution in [1.82, 2.24) is 4.90 Å². The molecule has 0 radical (unpaired) electrons. The molecule has 1 atom stereocenters. The van der Waals surface area contributed by atoms with Crippen molar-refractivity contribution in [3.8, 4) is 11.5 Å². The number of nitrogens with two attached hydrogens (primary N) is 1. The number of carbonyl (C=O) groups excluding carboxylic acids is 1. The molecule has 108 valence electrons. The van der Waals surface area contributed by atoms with Gasteiger partial charge < -0.3 is 20.5 Å². The summed E-state index contributed by atoms with van der Waals surface area (Å²) >= 11 is 5.01. The third kappa shape index (κ3) is 3.01. The molecular weight excluding hydrogens is 276 g/mol. The van der Waals surface area contributed by atoms with E-state index in [9.17, 15) is 9.90 Å². The third-order valence-electron chi connectivity index (χ3n) is 3.55. The molecule has 1 aliphatic heterocycles. The van der Waals surface area contributed by atoms with E-state index in [-0.39, 0.29) is 23.1 Å². The monoisotopic (exact) mass is 294 g/mol. The van der Waals surface area contributed by atoms with Crippen LogP contribution in [0.15, 0.2) is 18.2 Å². The number of methoxy groups -OCH3 is 1. The molecule has 0 aliphatic carbocycles. The highest BCUT2D eigenvalue weighted by atomic mass is 32.1. The lowest BCUT2D eigenvalue weighted by Gasteiger charge is -2.32. The van der Waals surface area contributed by atoms with Gasteiger partial charge >= 0.3 is 0 Å². The Kier molecular flexibility index (Phi) is 4.44. The van der Waals surface area contributed by atoms with Gasteiger partial charge in [-0.25, -0.2) is 0 Å². The first-order valence-electron chi connectivity index (χ1n) is 6.48. The summed E-state index contributed by atoms with van der Waals surface area (Å²) in [6.07, 6.45) is 1.77. The lowest BCUT2D eigenvalue weighted by Crippen LogP contribution is -2.43. The number of piperidine rings is 1. The Morgan fingerprint density at radius 1 is 1.55 bits per heavy atom. The SMILES string of the molecule is COc1ccc(O)c(C(=O)N2CCCC(C(N)=S)C2)c1. The highest BCUT2D eigenvalue weighted by Crippen LogP contribution is 2.26. The number of carbonyl (C=O) groups is 1. The molecule has 1 aliphatic rings. The molecule has 1 heterocycles. The average Bonchev–Trinajstić information content (AvgIpc) is 2.47. The van der Waals surface area contributed by atoms with Gasteiger partial charge in [0.15, 0.2) is 0 Å². The van der Waals surface area contributed by atoms with Gasteiger partial charge in [-0.05, 0) is 31.0 Å². The molecule has 5 nitrogen and oxygen atoms in total. The van der Waals surface area contributed by atoms with Crippen LogP contribution >= 0.6 is 12.2 Å². The maximum atomic E-state index is 12.5. The Morgan fingerprint density at radius 2 is 2.30 bits per heavy atom. The minimum atomic E-state index is -0.220. The van der Waals surface area contributed by atoms with Gasteiger partial charge in [0, 0.05) is 19.0 Å². The van der Waals surface area contributed by atoms with Gasteiger partial charge in [0.1, 0.15) is 11.5 Å². The maximum Gasteiger partial charge on any atom is 0.257 e. The van der Waals surface area contributed by atoms with Gasteiger partial charge in [-0.15, -0.1) is 0 Å². The number of hydrogen-bond acceptors (Lipinski definition) is 4. The molecule has 1 aromatic carbocycles. The van der Waals surface area contributed by atoms with Crippen molar-refractivity contribution in [3.05, 3.63) is 23.8 Å². The first-order valence-corrected chi connectivity index (χ1v) is 6.89.